The van der Waals surface area contributed by atoms with Crippen LogP contribution in [0, 0.1) is 0 Å². The number of rotatable bonds is 1. The van der Waals surface area contributed by atoms with E-state index in [0.29, 0.717) is 10.8 Å². The normalized spacial score (nSPS) is 16.5. The Morgan fingerprint density at radius 3 is 2.80 bits per heavy atom. The van der Waals surface area contributed by atoms with E-state index >= 15 is 0 Å². The first kappa shape index (κ1) is 10.8. The van der Waals surface area contributed by atoms with Crippen molar-refractivity contribution in [3.05, 3.63) is 29.0 Å². The molecule has 1 aromatic heterocycles. The van der Waals surface area contributed by atoms with Gasteiger partial charge in [0.15, 0.2) is 0 Å². The molecule has 0 atom stereocenters. The van der Waals surface area contributed by atoms with E-state index in [1.54, 1.807) is 18.2 Å². The number of amides is 1. The van der Waals surface area contributed by atoms with Crippen molar-refractivity contribution in [2.24, 2.45) is 0 Å². The molecule has 0 radical (unpaired) electrons. The van der Waals surface area contributed by atoms with Crippen LogP contribution in [0.25, 0.3) is 0 Å². The first-order valence-corrected chi connectivity index (χ1v) is 6.30. The van der Waals surface area contributed by atoms with Crippen LogP contribution in [-0.2, 0) is 0 Å². The van der Waals surface area contributed by atoms with Gasteiger partial charge in [0.25, 0.3) is 5.91 Å². The molecule has 1 aliphatic heterocycles. The molecule has 0 unspecified atom stereocenters. The lowest BCUT2D eigenvalue weighted by Gasteiger charge is -2.25. The van der Waals surface area contributed by atoms with Crippen LogP contribution in [0.1, 0.15) is 10.5 Å². The number of halogens is 1. The Labute approximate surface area is 97.8 Å². The molecule has 80 valence electrons. The van der Waals surface area contributed by atoms with Gasteiger partial charge in [-0.1, -0.05) is 17.7 Å². The van der Waals surface area contributed by atoms with Crippen LogP contribution >= 0.6 is 23.4 Å². The van der Waals surface area contributed by atoms with Gasteiger partial charge in [0.2, 0.25) is 0 Å². The molecule has 0 N–H and O–H groups in total. The number of carbonyl (C=O) groups is 1. The minimum absolute atomic E-state index is 0.0159. The van der Waals surface area contributed by atoms with Crippen LogP contribution in [0.2, 0.25) is 5.15 Å². The zero-order valence-corrected chi connectivity index (χ0v) is 9.72. The third-order valence-corrected chi connectivity index (χ3v) is 3.39. The summed E-state index contributed by atoms with van der Waals surface area (Å²) in [4.78, 5) is 17.8. The van der Waals surface area contributed by atoms with Gasteiger partial charge in [-0.15, -0.1) is 0 Å². The lowest BCUT2D eigenvalue weighted by atomic mass is 10.3. The molecule has 1 aliphatic rings. The highest BCUT2D eigenvalue weighted by molar-refractivity contribution is 7.99. The maximum absolute atomic E-state index is 11.9. The third-order valence-electron chi connectivity index (χ3n) is 2.23. The average molecular weight is 243 g/mol. The third kappa shape index (κ3) is 2.63. The number of aromatic nitrogens is 1. The highest BCUT2D eigenvalue weighted by Gasteiger charge is 2.19. The molecule has 1 amide bonds. The van der Waals surface area contributed by atoms with Crippen LogP contribution in [-0.4, -0.2) is 40.4 Å². The number of carbonyl (C=O) groups excluding carboxylic acids is 1. The fourth-order valence-electron chi connectivity index (χ4n) is 1.46. The first-order chi connectivity index (χ1) is 7.27. The SMILES string of the molecule is O=C(c1cccc(Cl)n1)N1CCSCC1. The standard InChI is InChI=1S/C10H11ClN2OS/c11-9-3-1-2-8(12-9)10(14)13-4-6-15-7-5-13/h1-3H,4-7H2. The fourth-order valence-corrected chi connectivity index (χ4v) is 2.52. The maximum Gasteiger partial charge on any atom is 0.272 e. The summed E-state index contributed by atoms with van der Waals surface area (Å²) < 4.78 is 0. The van der Waals surface area contributed by atoms with E-state index < -0.39 is 0 Å². The molecule has 0 aromatic carbocycles. The summed E-state index contributed by atoms with van der Waals surface area (Å²) >= 11 is 7.62. The topological polar surface area (TPSA) is 33.2 Å². The van der Waals surface area contributed by atoms with Crippen molar-refractivity contribution in [2.45, 2.75) is 0 Å². The Morgan fingerprint density at radius 2 is 2.13 bits per heavy atom. The smallest absolute Gasteiger partial charge is 0.272 e. The molecule has 0 bridgehead atoms. The lowest BCUT2D eigenvalue weighted by Crippen LogP contribution is -2.38. The van der Waals surface area contributed by atoms with Crippen LogP contribution in [0.5, 0.6) is 0 Å². The zero-order chi connectivity index (χ0) is 10.7. The van der Waals surface area contributed by atoms with Crippen LogP contribution < -0.4 is 0 Å². The molecule has 2 heterocycles. The van der Waals surface area contributed by atoms with Crippen LogP contribution in [0.3, 0.4) is 0 Å². The Hall–Kier alpha value is -0.740. The Bertz CT molecular complexity index is 366. The van der Waals surface area contributed by atoms with Gasteiger partial charge >= 0.3 is 0 Å². The molecule has 15 heavy (non-hydrogen) atoms. The summed E-state index contributed by atoms with van der Waals surface area (Å²) in [5.41, 5.74) is 0.439. The number of pyridine rings is 1. The molecular weight excluding hydrogens is 232 g/mol. The lowest BCUT2D eigenvalue weighted by molar-refractivity contribution is 0.0766. The van der Waals surface area contributed by atoms with E-state index in [4.69, 9.17) is 11.6 Å². The van der Waals surface area contributed by atoms with Gasteiger partial charge in [-0.2, -0.15) is 11.8 Å². The van der Waals surface area contributed by atoms with E-state index in [2.05, 4.69) is 4.98 Å². The fraction of sp³-hybridized carbons (Fsp3) is 0.400. The molecular formula is C10H11ClN2OS. The van der Waals surface area contributed by atoms with Gasteiger partial charge in [0, 0.05) is 24.6 Å². The zero-order valence-electron chi connectivity index (χ0n) is 8.15. The highest BCUT2D eigenvalue weighted by Crippen LogP contribution is 2.13. The summed E-state index contributed by atoms with van der Waals surface area (Å²) in [6.07, 6.45) is 0. The summed E-state index contributed by atoms with van der Waals surface area (Å²) in [5.74, 6) is 2.00. The van der Waals surface area contributed by atoms with Gasteiger partial charge < -0.3 is 4.90 Å². The van der Waals surface area contributed by atoms with Crippen molar-refractivity contribution in [3.63, 3.8) is 0 Å². The molecule has 3 nitrogen and oxygen atoms in total. The number of thioether (sulfide) groups is 1. The monoisotopic (exact) mass is 242 g/mol. The second-order valence-electron chi connectivity index (χ2n) is 3.25. The van der Waals surface area contributed by atoms with Crippen LogP contribution in [0.4, 0.5) is 0 Å². The highest BCUT2D eigenvalue weighted by atomic mass is 35.5. The van der Waals surface area contributed by atoms with E-state index in [0.717, 1.165) is 24.6 Å². The first-order valence-electron chi connectivity index (χ1n) is 4.77. The van der Waals surface area contributed by atoms with Crippen molar-refractivity contribution in [2.75, 3.05) is 24.6 Å². The van der Waals surface area contributed by atoms with Crippen molar-refractivity contribution in [3.8, 4) is 0 Å². The second kappa shape index (κ2) is 4.86. The predicted octanol–water partition coefficient (Wildman–Crippen LogP) is 1.92. The summed E-state index contributed by atoms with van der Waals surface area (Å²) in [5, 5.41) is 0.368. The van der Waals surface area contributed by atoms with Crippen molar-refractivity contribution >= 4 is 29.3 Å². The van der Waals surface area contributed by atoms with Gasteiger partial charge in [-0.3, -0.25) is 4.79 Å². The maximum atomic E-state index is 11.9. The van der Waals surface area contributed by atoms with Crippen LogP contribution in [0.15, 0.2) is 18.2 Å². The molecule has 1 aromatic rings. The number of nitrogens with zero attached hydrogens (tertiary/aromatic N) is 2. The largest absolute Gasteiger partial charge is 0.336 e. The Morgan fingerprint density at radius 1 is 1.40 bits per heavy atom. The van der Waals surface area contributed by atoms with Crippen molar-refractivity contribution in [1.82, 2.24) is 9.88 Å². The molecule has 1 fully saturated rings. The molecule has 0 saturated carbocycles. The van der Waals surface area contributed by atoms with E-state index in [1.165, 1.54) is 0 Å². The summed E-state index contributed by atoms with van der Waals surface area (Å²) in [7, 11) is 0. The van der Waals surface area contributed by atoms with Gasteiger partial charge in [-0.25, -0.2) is 4.98 Å². The quantitative estimate of drug-likeness (QED) is 0.706. The van der Waals surface area contributed by atoms with E-state index in [9.17, 15) is 4.79 Å². The van der Waals surface area contributed by atoms with Gasteiger partial charge in [0.05, 0.1) is 0 Å². The molecule has 5 heteroatoms. The molecule has 2 rings (SSSR count). The predicted molar refractivity (Wildman–Crippen MR) is 62.5 cm³/mol. The number of hydrogen-bond acceptors (Lipinski definition) is 3. The molecule has 0 spiro atoms. The minimum atomic E-state index is -0.0159. The van der Waals surface area contributed by atoms with Gasteiger partial charge in [-0.05, 0) is 12.1 Å². The second-order valence-corrected chi connectivity index (χ2v) is 4.86. The number of hydrogen-bond donors (Lipinski definition) is 0. The summed E-state index contributed by atoms with van der Waals surface area (Å²) in [6.45, 7) is 1.61. The van der Waals surface area contributed by atoms with Gasteiger partial charge in [0.1, 0.15) is 10.8 Å². The Kier molecular flexibility index (Phi) is 3.49. The van der Waals surface area contributed by atoms with Crippen molar-refractivity contribution < 1.29 is 4.79 Å². The molecule has 0 aliphatic carbocycles. The Balaban J connectivity index is 2.12. The average Bonchev–Trinajstić information content (AvgIpc) is 2.29. The minimum Gasteiger partial charge on any atom is -0.336 e. The van der Waals surface area contributed by atoms with Crippen molar-refractivity contribution in [1.29, 1.82) is 0 Å². The summed E-state index contributed by atoms with van der Waals surface area (Å²) in [6, 6.07) is 5.13. The van der Waals surface area contributed by atoms with E-state index in [1.807, 2.05) is 16.7 Å². The van der Waals surface area contributed by atoms with E-state index in [-0.39, 0.29) is 5.91 Å². The molecule has 1 saturated heterocycles.